The van der Waals surface area contributed by atoms with E-state index in [0.29, 0.717) is 11.5 Å². The number of carbonyl (C=O) groups excluding carboxylic acids is 1. The summed E-state index contributed by atoms with van der Waals surface area (Å²) in [6, 6.07) is 11.4. The summed E-state index contributed by atoms with van der Waals surface area (Å²) >= 11 is 5.78. The van der Waals surface area contributed by atoms with Crippen LogP contribution in [0.25, 0.3) is 11.0 Å². The quantitative estimate of drug-likeness (QED) is 0.421. The van der Waals surface area contributed by atoms with Gasteiger partial charge in [-0.2, -0.15) is 0 Å². The van der Waals surface area contributed by atoms with Crippen LogP contribution in [0.1, 0.15) is 0 Å². The van der Waals surface area contributed by atoms with E-state index in [1.165, 1.54) is 18.2 Å². The first-order chi connectivity index (χ1) is 13.0. The Hall–Kier alpha value is -3.17. The Labute approximate surface area is 158 Å². The highest BCUT2D eigenvalue weighted by atomic mass is 35.5. The maximum absolute atomic E-state index is 12.5. The molecule has 27 heavy (non-hydrogen) atoms. The van der Waals surface area contributed by atoms with Gasteiger partial charge >= 0.3 is 0 Å². The predicted octanol–water partition coefficient (Wildman–Crippen LogP) is 2.64. The molecule has 1 heterocycles. The van der Waals surface area contributed by atoms with Gasteiger partial charge in [-0.25, -0.2) is 4.98 Å². The Kier molecular flexibility index (Phi) is 5.53. The molecule has 0 atom stereocenters. The van der Waals surface area contributed by atoms with Crippen molar-refractivity contribution in [3.63, 3.8) is 0 Å². The van der Waals surface area contributed by atoms with E-state index in [9.17, 15) is 14.9 Å². The lowest BCUT2D eigenvalue weighted by Gasteiger charge is -2.11. The van der Waals surface area contributed by atoms with E-state index >= 15 is 0 Å². The summed E-state index contributed by atoms with van der Waals surface area (Å²) in [6.07, 6.45) is 0. The minimum atomic E-state index is -0.613. The van der Waals surface area contributed by atoms with E-state index in [-0.39, 0.29) is 42.0 Å². The van der Waals surface area contributed by atoms with E-state index in [2.05, 4.69) is 15.6 Å². The van der Waals surface area contributed by atoms with E-state index in [0.717, 1.165) is 5.52 Å². The molecular weight excluding hydrogens is 374 g/mol. The minimum absolute atomic E-state index is 0.00547. The summed E-state index contributed by atoms with van der Waals surface area (Å²) < 4.78 is 1.67. The molecule has 3 aromatic rings. The zero-order valence-electron chi connectivity index (χ0n) is 14.1. The molecule has 0 bridgehead atoms. The number of aromatic nitrogens is 2. The second-order valence-electron chi connectivity index (χ2n) is 5.63. The van der Waals surface area contributed by atoms with Crippen LogP contribution in [-0.2, 0) is 11.3 Å². The van der Waals surface area contributed by atoms with Crippen LogP contribution in [0.4, 0.5) is 17.3 Å². The van der Waals surface area contributed by atoms with Gasteiger partial charge in [-0.1, -0.05) is 23.7 Å². The molecule has 0 spiro atoms. The Morgan fingerprint density at radius 3 is 2.81 bits per heavy atom. The van der Waals surface area contributed by atoms with Crippen LogP contribution < -0.4 is 10.6 Å². The maximum atomic E-state index is 12.5. The third kappa shape index (κ3) is 4.15. The fraction of sp³-hybridized carbons (Fsp3) is 0.176. The molecule has 140 valence electrons. The van der Waals surface area contributed by atoms with Crippen LogP contribution in [0, 0.1) is 10.1 Å². The van der Waals surface area contributed by atoms with Gasteiger partial charge in [0.2, 0.25) is 11.9 Å². The lowest BCUT2D eigenvalue weighted by Crippen LogP contribution is -2.21. The summed E-state index contributed by atoms with van der Waals surface area (Å²) in [6.45, 7) is 0.142. The van der Waals surface area contributed by atoms with Crippen molar-refractivity contribution in [2.75, 3.05) is 23.8 Å². The predicted molar refractivity (Wildman–Crippen MR) is 102 cm³/mol. The van der Waals surface area contributed by atoms with Crippen LogP contribution >= 0.6 is 11.6 Å². The normalized spacial score (nSPS) is 10.7. The number of hydrogen-bond donors (Lipinski definition) is 3. The Balaban J connectivity index is 1.83. The Bertz CT molecular complexity index is 1000. The smallest absolute Gasteiger partial charge is 0.289 e. The number of halogens is 1. The number of anilines is 2. The molecule has 3 rings (SSSR count). The van der Waals surface area contributed by atoms with Crippen molar-refractivity contribution in [1.82, 2.24) is 9.55 Å². The number of hydrogen-bond acceptors (Lipinski definition) is 6. The van der Waals surface area contributed by atoms with Crippen LogP contribution in [0.3, 0.4) is 0 Å². The summed E-state index contributed by atoms with van der Waals surface area (Å²) in [5, 5.41) is 25.6. The van der Waals surface area contributed by atoms with Crippen molar-refractivity contribution in [2.45, 2.75) is 6.54 Å². The number of aliphatic hydroxyl groups is 1. The highest BCUT2D eigenvalue weighted by molar-refractivity contribution is 6.32. The number of imidazole rings is 1. The Morgan fingerprint density at radius 2 is 2.07 bits per heavy atom. The molecule has 1 amide bonds. The molecule has 0 unspecified atom stereocenters. The fourth-order valence-electron chi connectivity index (χ4n) is 2.61. The number of carbonyl (C=O) groups is 1. The van der Waals surface area contributed by atoms with E-state index in [1.54, 1.807) is 4.57 Å². The molecule has 3 N–H and O–H groups in total. The molecule has 10 heteroatoms. The van der Waals surface area contributed by atoms with Crippen LogP contribution in [-0.4, -0.2) is 38.6 Å². The van der Waals surface area contributed by atoms with Gasteiger partial charge in [-0.05, 0) is 24.3 Å². The van der Waals surface area contributed by atoms with Gasteiger partial charge in [0.15, 0.2) is 0 Å². The third-order valence-corrected chi connectivity index (χ3v) is 4.10. The van der Waals surface area contributed by atoms with Gasteiger partial charge in [0.1, 0.15) is 11.6 Å². The van der Waals surface area contributed by atoms with Gasteiger partial charge < -0.3 is 20.3 Å². The average Bonchev–Trinajstić information content (AvgIpc) is 2.99. The first-order valence-corrected chi connectivity index (χ1v) is 8.41. The highest BCUT2D eigenvalue weighted by Gasteiger charge is 2.16. The van der Waals surface area contributed by atoms with Crippen molar-refractivity contribution in [2.24, 2.45) is 0 Å². The second-order valence-corrected chi connectivity index (χ2v) is 6.04. The van der Waals surface area contributed by atoms with Gasteiger partial charge in [0.05, 0.1) is 22.6 Å². The minimum Gasteiger partial charge on any atom is -0.395 e. The molecule has 0 saturated carbocycles. The lowest BCUT2D eigenvalue weighted by atomic mass is 10.2. The summed E-state index contributed by atoms with van der Waals surface area (Å²) in [7, 11) is 0. The number of nitro groups is 1. The number of para-hydroxylation sites is 2. The number of rotatable bonds is 7. The summed E-state index contributed by atoms with van der Waals surface area (Å²) in [5.41, 5.74) is 1.43. The van der Waals surface area contributed by atoms with Crippen LogP contribution in [0.5, 0.6) is 0 Å². The first kappa shape index (κ1) is 18.6. The van der Waals surface area contributed by atoms with Crippen molar-refractivity contribution in [1.29, 1.82) is 0 Å². The number of amides is 1. The molecule has 9 nitrogen and oxygen atoms in total. The van der Waals surface area contributed by atoms with E-state index < -0.39 is 4.92 Å². The monoisotopic (exact) mass is 389 g/mol. The standard InChI is InChI=1S/C17H16ClN5O4/c18-12-6-5-11(9-15(12)23(26)27)20-16(25)10-22-14-4-2-1-3-13(14)21-17(22)19-7-8-24/h1-6,9,24H,7-8,10H2,(H,19,21)(H,20,25). The molecular formula is C17H16ClN5O4. The number of nitrogens with zero attached hydrogens (tertiary/aromatic N) is 3. The van der Waals surface area contributed by atoms with Crippen molar-refractivity contribution in [3.05, 3.63) is 57.6 Å². The SMILES string of the molecule is O=C(Cn1c(NCCO)nc2ccccc21)Nc1ccc(Cl)c([N+](=O)[O-])c1. The van der Waals surface area contributed by atoms with Crippen molar-refractivity contribution >= 4 is 45.9 Å². The molecule has 0 aliphatic rings. The topological polar surface area (TPSA) is 122 Å². The third-order valence-electron chi connectivity index (χ3n) is 3.78. The number of benzene rings is 2. The number of nitro benzene ring substituents is 1. The van der Waals surface area contributed by atoms with Crippen molar-refractivity contribution < 1.29 is 14.8 Å². The molecule has 1 aromatic heterocycles. The van der Waals surface area contributed by atoms with Gasteiger partial charge in [-0.3, -0.25) is 14.9 Å². The molecule has 0 saturated heterocycles. The van der Waals surface area contributed by atoms with Gasteiger partial charge in [0, 0.05) is 18.3 Å². The first-order valence-electron chi connectivity index (χ1n) is 8.03. The lowest BCUT2D eigenvalue weighted by molar-refractivity contribution is -0.384. The fourth-order valence-corrected chi connectivity index (χ4v) is 2.80. The van der Waals surface area contributed by atoms with Gasteiger partial charge in [0.25, 0.3) is 5.69 Å². The van der Waals surface area contributed by atoms with E-state index in [4.69, 9.17) is 16.7 Å². The molecule has 0 fully saturated rings. The number of fused-ring (bicyclic) bond motifs is 1. The molecule has 2 aromatic carbocycles. The van der Waals surface area contributed by atoms with E-state index in [1.807, 2.05) is 24.3 Å². The van der Waals surface area contributed by atoms with Gasteiger partial charge in [-0.15, -0.1) is 0 Å². The number of aliphatic hydroxyl groups excluding tert-OH is 1. The molecule has 0 aliphatic heterocycles. The van der Waals surface area contributed by atoms with Crippen LogP contribution in [0.15, 0.2) is 42.5 Å². The average molecular weight is 390 g/mol. The zero-order valence-corrected chi connectivity index (χ0v) is 14.8. The molecule has 0 radical (unpaired) electrons. The van der Waals surface area contributed by atoms with Crippen molar-refractivity contribution in [3.8, 4) is 0 Å². The summed E-state index contributed by atoms with van der Waals surface area (Å²) in [5.74, 6) is 0.0595. The molecule has 0 aliphatic carbocycles. The second kappa shape index (κ2) is 8.02. The maximum Gasteiger partial charge on any atom is 0.289 e. The Morgan fingerprint density at radius 1 is 1.30 bits per heavy atom. The zero-order chi connectivity index (χ0) is 19.4. The number of nitrogens with one attached hydrogen (secondary N) is 2. The van der Waals surface area contributed by atoms with Crippen LogP contribution in [0.2, 0.25) is 5.02 Å². The highest BCUT2D eigenvalue weighted by Crippen LogP contribution is 2.27. The summed E-state index contributed by atoms with van der Waals surface area (Å²) in [4.78, 5) is 27.3. The largest absolute Gasteiger partial charge is 0.395 e.